The number of anilines is 2. The standard InChI is InChI=1S/C16H11F3N4O2/c17-16(18,19)10-7-20-4-3-11(10)23-15-6-12(21-8-22-15)9-1-2-13(24)14(25)5-9/h1-8,24-25H,(H,20,21,22,23). The summed E-state index contributed by atoms with van der Waals surface area (Å²) in [7, 11) is 0. The summed E-state index contributed by atoms with van der Waals surface area (Å²) in [4.78, 5) is 11.4. The Morgan fingerprint density at radius 2 is 1.76 bits per heavy atom. The Morgan fingerprint density at radius 1 is 0.960 bits per heavy atom. The highest BCUT2D eigenvalue weighted by Gasteiger charge is 2.33. The number of aromatic hydroxyl groups is 2. The van der Waals surface area contributed by atoms with Crippen LogP contribution in [0.3, 0.4) is 0 Å². The average Bonchev–Trinajstić information content (AvgIpc) is 2.57. The maximum atomic E-state index is 13.0. The van der Waals surface area contributed by atoms with Gasteiger partial charge in [0.2, 0.25) is 0 Å². The normalized spacial score (nSPS) is 11.3. The molecule has 0 saturated heterocycles. The topological polar surface area (TPSA) is 91.2 Å². The fourth-order valence-electron chi connectivity index (χ4n) is 2.13. The largest absolute Gasteiger partial charge is 0.504 e. The summed E-state index contributed by atoms with van der Waals surface area (Å²) >= 11 is 0. The number of benzene rings is 1. The minimum absolute atomic E-state index is 0.134. The molecule has 0 aliphatic carbocycles. The van der Waals surface area contributed by atoms with Gasteiger partial charge < -0.3 is 15.5 Å². The second-order valence-electron chi connectivity index (χ2n) is 5.04. The number of nitrogens with one attached hydrogen (secondary N) is 1. The van der Waals surface area contributed by atoms with Crippen LogP contribution in [0.5, 0.6) is 11.5 Å². The Morgan fingerprint density at radius 3 is 2.48 bits per heavy atom. The molecule has 1 aromatic carbocycles. The molecule has 0 spiro atoms. The van der Waals surface area contributed by atoms with Crippen molar-refractivity contribution in [3.8, 4) is 22.8 Å². The molecule has 0 radical (unpaired) electrons. The number of hydrogen-bond acceptors (Lipinski definition) is 6. The van der Waals surface area contributed by atoms with E-state index in [0.717, 1.165) is 6.20 Å². The smallest absolute Gasteiger partial charge is 0.419 e. The van der Waals surface area contributed by atoms with Crippen molar-refractivity contribution in [1.82, 2.24) is 15.0 Å². The molecule has 128 valence electrons. The summed E-state index contributed by atoms with van der Waals surface area (Å²) in [6.45, 7) is 0. The molecule has 0 fully saturated rings. The first-order valence-electron chi connectivity index (χ1n) is 6.97. The first-order chi connectivity index (χ1) is 11.8. The number of halogens is 3. The zero-order valence-electron chi connectivity index (χ0n) is 12.5. The number of alkyl halides is 3. The van der Waals surface area contributed by atoms with Crippen molar-refractivity contribution in [2.75, 3.05) is 5.32 Å². The lowest BCUT2D eigenvalue weighted by Crippen LogP contribution is -2.09. The van der Waals surface area contributed by atoms with Crippen LogP contribution >= 0.6 is 0 Å². The molecule has 0 aliphatic rings. The van der Waals surface area contributed by atoms with Gasteiger partial charge in [-0.05, 0) is 24.3 Å². The van der Waals surface area contributed by atoms with E-state index in [1.54, 1.807) is 0 Å². The van der Waals surface area contributed by atoms with E-state index in [-0.39, 0.29) is 23.0 Å². The maximum absolute atomic E-state index is 13.0. The third kappa shape index (κ3) is 3.60. The van der Waals surface area contributed by atoms with Crippen LogP contribution in [0.25, 0.3) is 11.3 Å². The van der Waals surface area contributed by atoms with E-state index in [4.69, 9.17) is 0 Å². The minimum atomic E-state index is -4.56. The van der Waals surface area contributed by atoms with Gasteiger partial charge in [-0.25, -0.2) is 9.97 Å². The molecule has 0 atom stereocenters. The van der Waals surface area contributed by atoms with Crippen molar-refractivity contribution >= 4 is 11.5 Å². The van der Waals surface area contributed by atoms with E-state index in [9.17, 15) is 23.4 Å². The van der Waals surface area contributed by atoms with Gasteiger partial charge in [0.25, 0.3) is 0 Å². The molecule has 0 aliphatic heterocycles. The zero-order valence-corrected chi connectivity index (χ0v) is 12.5. The highest BCUT2D eigenvalue weighted by Crippen LogP contribution is 2.35. The Balaban J connectivity index is 1.94. The molecule has 0 unspecified atom stereocenters. The lowest BCUT2D eigenvalue weighted by atomic mass is 10.1. The van der Waals surface area contributed by atoms with Crippen LogP contribution in [0.4, 0.5) is 24.7 Å². The summed E-state index contributed by atoms with van der Waals surface area (Å²) in [6.07, 6.45) is -1.43. The second-order valence-corrected chi connectivity index (χ2v) is 5.04. The quantitative estimate of drug-likeness (QED) is 0.625. The van der Waals surface area contributed by atoms with E-state index < -0.39 is 11.7 Å². The van der Waals surface area contributed by atoms with E-state index in [0.29, 0.717) is 11.3 Å². The third-order valence-electron chi connectivity index (χ3n) is 3.33. The van der Waals surface area contributed by atoms with Crippen LogP contribution in [0, 0.1) is 0 Å². The Bertz CT molecular complexity index is 916. The lowest BCUT2D eigenvalue weighted by molar-refractivity contribution is -0.137. The highest BCUT2D eigenvalue weighted by molar-refractivity contribution is 5.68. The van der Waals surface area contributed by atoms with Crippen molar-refractivity contribution in [3.63, 3.8) is 0 Å². The van der Waals surface area contributed by atoms with Gasteiger partial charge in [-0.2, -0.15) is 13.2 Å². The van der Waals surface area contributed by atoms with E-state index in [2.05, 4.69) is 20.3 Å². The first kappa shape index (κ1) is 16.5. The summed E-state index contributed by atoms with van der Waals surface area (Å²) in [5, 5.41) is 21.5. The molecule has 0 amide bonds. The van der Waals surface area contributed by atoms with Crippen molar-refractivity contribution in [3.05, 3.63) is 54.6 Å². The molecular formula is C16H11F3N4O2. The Labute approximate surface area is 139 Å². The van der Waals surface area contributed by atoms with Gasteiger partial charge in [-0.3, -0.25) is 4.98 Å². The predicted octanol–water partition coefficient (Wildman–Crippen LogP) is 3.71. The number of hydrogen-bond donors (Lipinski definition) is 3. The molecule has 3 aromatic rings. The van der Waals surface area contributed by atoms with Crippen molar-refractivity contribution in [2.45, 2.75) is 6.18 Å². The molecule has 3 N–H and O–H groups in total. The SMILES string of the molecule is Oc1ccc(-c2cc(Nc3ccncc3C(F)(F)F)ncn2)cc1O. The molecule has 6 nitrogen and oxygen atoms in total. The number of nitrogens with zero attached hydrogens (tertiary/aromatic N) is 3. The van der Waals surface area contributed by atoms with Crippen LogP contribution < -0.4 is 5.32 Å². The van der Waals surface area contributed by atoms with E-state index in [1.807, 2.05) is 0 Å². The van der Waals surface area contributed by atoms with Gasteiger partial charge in [0.1, 0.15) is 12.1 Å². The van der Waals surface area contributed by atoms with E-state index in [1.165, 1.54) is 42.9 Å². The molecule has 25 heavy (non-hydrogen) atoms. The molecule has 9 heteroatoms. The summed E-state index contributed by atoms with van der Waals surface area (Å²) in [5.41, 5.74) is -0.292. The second kappa shape index (κ2) is 6.27. The highest BCUT2D eigenvalue weighted by atomic mass is 19.4. The minimum Gasteiger partial charge on any atom is -0.504 e. The van der Waals surface area contributed by atoms with Crippen LogP contribution in [0.2, 0.25) is 0 Å². The van der Waals surface area contributed by atoms with Crippen molar-refractivity contribution < 1.29 is 23.4 Å². The number of phenolic OH excluding ortho intramolecular Hbond substituents is 2. The number of aromatic nitrogens is 3. The van der Waals surface area contributed by atoms with Gasteiger partial charge in [0.15, 0.2) is 11.5 Å². The van der Waals surface area contributed by atoms with Gasteiger partial charge in [-0.1, -0.05) is 0 Å². The Kier molecular flexibility index (Phi) is 4.14. The molecular weight excluding hydrogens is 337 g/mol. The zero-order chi connectivity index (χ0) is 18.0. The first-order valence-corrected chi connectivity index (χ1v) is 6.97. The molecule has 2 heterocycles. The summed E-state index contributed by atoms with van der Waals surface area (Å²) in [6, 6.07) is 6.69. The fraction of sp³-hybridized carbons (Fsp3) is 0.0625. The van der Waals surface area contributed by atoms with Gasteiger partial charge in [0, 0.05) is 24.0 Å². The van der Waals surface area contributed by atoms with Crippen LogP contribution in [-0.4, -0.2) is 25.2 Å². The van der Waals surface area contributed by atoms with Gasteiger partial charge in [0.05, 0.1) is 16.9 Å². The van der Waals surface area contributed by atoms with Gasteiger partial charge in [-0.15, -0.1) is 0 Å². The number of phenols is 2. The maximum Gasteiger partial charge on any atom is 0.419 e. The third-order valence-corrected chi connectivity index (χ3v) is 3.33. The van der Waals surface area contributed by atoms with E-state index >= 15 is 0 Å². The molecule has 2 aromatic heterocycles. The van der Waals surface area contributed by atoms with Crippen LogP contribution in [-0.2, 0) is 6.18 Å². The van der Waals surface area contributed by atoms with Gasteiger partial charge >= 0.3 is 6.18 Å². The monoisotopic (exact) mass is 348 g/mol. The average molecular weight is 348 g/mol. The molecule has 0 saturated carbocycles. The lowest BCUT2D eigenvalue weighted by Gasteiger charge is -2.13. The molecule has 3 rings (SSSR count). The van der Waals surface area contributed by atoms with Crippen molar-refractivity contribution in [1.29, 1.82) is 0 Å². The number of pyridine rings is 1. The fourth-order valence-corrected chi connectivity index (χ4v) is 2.13. The van der Waals surface area contributed by atoms with Crippen molar-refractivity contribution in [2.24, 2.45) is 0 Å². The van der Waals surface area contributed by atoms with Crippen LogP contribution in [0.15, 0.2) is 49.1 Å². The number of rotatable bonds is 3. The Hall–Kier alpha value is -3.36. The van der Waals surface area contributed by atoms with Crippen LogP contribution in [0.1, 0.15) is 5.56 Å². The predicted molar refractivity (Wildman–Crippen MR) is 83.3 cm³/mol. The summed E-state index contributed by atoms with van der Waals surface area (Å²) in [5.74, 6) is -0.490. The molecule has 0 bridgehead atoms. The summed E-state index contributed by atoms with van der Waals surface area (Å²) < 4.78 is 39.0.